The minimum absolute atomic E-state index is 0.197. The van der Waals surface area contributed by atoms with Gasteiger partial charge in [-0.3, -0.25) is 4.68 Å². The molecule has 0 bridgehead atoms. The molecular weight excluding hydrogens is 297 g/mol. The molecule has 0 N–H and O–H groups in total. The number of halogens is 1. The van der Waals surface area contributed by atoms with E-state index in [9.17, 15) is 4.39 Å². The Morgan fingerprint density at radius 2 is 1.82 bits per heavy atom. The summed E-state index contributed by atoms with van der Waals surface area (Å²) in [5.41, 5.74) is 2.40. The third kappa shape index (κ3) is 4.11. The van der Waals surface area contributed by atoms with Crippen LogP contribution >= 0.6 is 11.8 Å². The van der Waals surface area contributed by atoms with Crippen molar-refractivity contribution in [2.75, 3.05) is 20.6 Å². The molecule has 0 saturated heterocycles. The van der Waals surface area contributed by atoms with Gasteiger partial charge in [0.05, 0.1) is 22.8 Å². The maximum absolute atomic E-state index is 13.1. The van der Waals surface area contributed by atoms with Gasteiger partial charge in [0.25, 0.3) is 0 Å². The molecule has 0 radical (unpaired) electrons. The number of aromatic nitrogens is 2. The predicted molar refractivity (Wildman–Crippen MR) is 90.1 cm³/mol. The molecule has 0 aliphatic rings. The molecule has 0 atom stereocenters. The first-order chi connectivity index (χ1) is 10.5. The van der Waals surface area contributed by atoms with E-state index in [0.29, 0.717) is 0 Å². The summed E-state index contributed by atoms with van der Waals surface area (Å²) in [7, 11) is 4.15. The van der Waals surface area contributed by atoms with Crippen LogP contribution in [0.3, 0.4) is 0 Å². The van der Waals surface area contributed by atoms with Gasteiger partial charge in [-0.05, 0) is 51.2 Å². The smallest absolute Gasteiger partial charge is 0.123 e. The number of hydrogen-bond donors (Lipinski definition) is 0. The quantitative estimate of drug-likeness (QED) is 0.773. The van der Waals surface area contributed by atoms with Crippen LogP contribution in [0.4, 0.5) is 4.39 Å². The molecule has 2 aromatic rings. The first kappa shape index (κ1) is 17.0. The lowest BCUT2D eigenvalue weighted by Crippen LogP contribution is -2.20. The fourth-order valence-corrected chi connectivity index (χ4v) is 3.51. The van der Waals surface area contributed by atoms with Crippen molar-refractivity contribution in [3.63, 3.8) is 0 Å². The highest BCUT2D eigenvalue weighted by Gasteiger charge is 2.16. The number of hydrogen-bond acceptors (Lipinski definition) is 3. The van der Waals surface area contributed by atoms with Gasteiger partial charge in [-0.1, -0.05) is 25.6 Å². The Bertz CT molecular complexity index is 605. The molecule has 0 unspecified atom stereocenters. The van der Waals surface area contributed by atoms with Crippen molar-refractivity contribution < 1.29 is 4.39 Å². The number of rotatable bonds is 7. The van der Waals surface area contributed by atoms with Crippen LogP contribution in [-0.2, 0) is 19.4 Å². The number of benzene rings is 1. The monoisotopic (exact) mass is 321 g/mol. The van der Waals surface area contributed by atoms with Crippen molar-refractivity contribution in [1.82, 2.24) is 14.7 Å². The Labute approximate surface area is 136 Å². The van der Waals surface area contributed by atoms with Gasteiger partial charge >= 0.3 is 0 Å². The summed E-state index contributed by atoms with van der Waals surface area (Å²) in [6, 6.07) is 6.68. The average Bonchev–Trinajstić information content (AvgIpc) is 2.84. The first-order valence-corrected chi connectivity index (χ1v) is 8.53. The van der Waals surface area contributed by atoms with E-state index in [1.165, 1.54) is 22.7 Å². The summed E-state index contributed by atoms with van der Waals surface area (Å²) in [5, 5.41) is 4.78. The van der Waals surface area contributed by atoms with Crippen LogP contribution in [0.2, 0.25) is 0 Å². The summed E-state index contributed by atoms with van der Waals surface area (Å²) in [6.45, 7) is 6.16. The van der Waals surface area contributed by atoms with Gasteiger partial charge in [-0.2, -0.15) is 5.10 Å². The van der Waals surface area contributed by atoms with Crippen LogP contribution in [0.5, 0.6) is 0 Å². The summed E-state index contributed by atoms with van der Waals surface area (Å²) in [6.07, 6.45) is 1.86. The zero-order valence-electron chi connectivity index (χ0n) is 13.8. The van der Waals surface area contributed by atoms with Crippen LogP contribution in [0.25, 0.3) is 0 Å². The molecule has 1 aromatic heterocycles. The van der Waals surface area contributed by atoms with Gasteiger partial charge in [-0.25, -0.2) is 4.39 Å². The second kappa shape index (κ2) is 7.79. The van der Waals surface area contributed by atoms with Gasteiger partial charge in [0.1, 0.15) is 5.82 Å². The third-order valence-corrected chi connectivity index (χ3v) is 4.72. The highest BCUT2D eigenvalue weighted by atomic mass is 32.2. The molecule has 0 fully saturated rings. The molecule has 2 rings (SSSR count). The molecule has 0 aliphatic carbocycles. The first-order valence-electron chi connectivity index (χ1n) is 7.71. The molecular formula is C17H24FN3S. The Balaban J connectivity index is 2.29. The number of aryl methyl sites for hydroxylation is 1. The van der Waals surface area contributed by atoms with Crippen molar-refractivity contribution in [1.29, 1.82) is 0 Å². The minimum atomic E-state index is -0.197. The molecule has 0 saturated carbocycles. The zero-order valence-corrected chi connectivity index (χ0v) is 14.6. The van der Waals surface area contributed by atoms with Crippen molar-refractivity contribution in [2.24, 2.45) is 0 Å². The summed E-state index contributed by atoms with van der Waals surface area (Å²) < 4.78 is 15.2. The van der Waals surface area contributed by atoms with Crippen molar-refractivity contribution in [2.45, 2.75) is 43.0 Å². The molecule has 3 nitrogen and oxygen atoms in total. The second-order valence-electron chi connectivity index (χ2n) is 5.51. The fourth-order valence-electron chi connectivity index (χ4n) is 2.33. The normalized spacial score (nSPS) is 11.4. The van der Waals surface area contributed by atoms with E-state index >= 15 is 0 Å². The largest absolute Gasteiger partial charge is 0.308 e. The Morgan fingerprint density at radius 1 is 1.14 bits per heavy atom. The fraction of sp³-hybridized carbons (Fsp3) is 0.471. The van der Waals surface area contributed by atoms with E-state index in [-0.39, 0.29) is 5.82 Å². The Hall–Kier alpha value is -1.33. The average molecular weight is 321 g/mol. The highest BCUT2D eigenvalue weighted by molar-refractivity contribution is 7.99. The van der Waals surface area contributed by atoms with Gasteiger partial charge in [0.2, 0.25) is 0 Å². The van der Waals surface area contributed by atoms with Gasteiger partial charge < -0.3 is 4.90 Å². The molecule has 0 aliphatic heterocycles. The van der Waals surface area contributed by atoms with Crippen molar-refractivity contribution >= 4 is 11.8 Å². The lowest BCUT2D eigenvalue weighted by molar-refractivity contribution is 0.369. The number of likely N-dealkylation sites (N-methyl/N-ethyl adjacent to an activating group) is 1. The zero-order chi connectivity index (χ0) is 16.1. The van der Waals surface area contributed by atoms with Crippen LogP contribution in [0, 0.1) is 5.82 Å². The summed E-state index contributed by atoms with van der Waals surface area (Å²) >= 11 is 1.69. The van der Waals surface area contributed by atoms with Gasteiger partial charge in [-0.15, -0.1) is 0 Å². The molecule has 0 amide bonds. The molecule has 1 aromatic carbocycles. The lowest BCUT2D eigenvalue weighted by Gasteiger charge is -2.12. The molecule has 120 valence electrons. The minimum Gasteiger partial charge on any atom is -0.308 e. The van der Waals surface area contributed by atoms with Gasteiger partial charge in [0, 0.05) is 11.4 Å². The maximum atomic E-state index is 13.1. The number of nitrogens with zero attached hydrogens (tertiary/aromatic N) is 3. The van der Waals surface area contributed by atoms with Crippen molar-refractivity contribution in [3.05, 3.63) is 41.5 Å². The molecule has 22 heavy (non-hydrogen) atoms. The molecule has 0 spiro atoms. The predicted octanol–water partition coefficient (Wildman–Crippen LogP) is 3.86. The second-order valence-corrected chi connectivity index (χ2v) is 6.60. The van der Waals surface area contributed by atoms with E-state index < -0.39 is 0 Å². The lowest BCUT2D eigenvalue weighted by atomic mass is 10.2. The summed E-state index contributed by atoms with van der Waals surface area (Å²) in [5.74, 6) is -0.197. The van der Waals surface area contributed by atoms with Crippen molar-refractivity contribution in [3.8, 4) is 0 Å². The van der Waals surface area contributed by atoms with E-state index in [1.54, 1.807) is 11.8 Å². The Morgan fingerprint density at radius 3 is 2.36 bits per heavy atom. The molecule has 1 heterocycles. The van der Waals surface area contributed by atoms with Crippen LogP contribution in [0.15, 0.2) is 34.1 Å². The van der Waals surface area contributed by atoms with Crippen LogP contribution < -0.4 is 0 Å². The standard InChI is InChI=1S/C17H24FN3S/c1-5-15-17(22-14-9-7-13(18)8-10-14)16(6-2)21(19-15)12-11-20(3)4/h7-10H,5-6,11-12H2,1-4H3. The Kier molecular flexibility index (Phi) is 6.03. The topological polar surface area (TPSA) is 21.1 Å². The third-order valence-electron chi connectivity index (χ3n) is 3.54. The highest BCUT2D eigenvalue weighted by Crippen LogP contribution is 2.34. The van der Waals surface area contributed by atoms with E-state index in [1.807, 2.05) is 12.1 Å². The van der Waals surface area contributed by atoms with E-state index in [0.717, 1.165) is 36.5 Å². The molecule has 5 heteroatoms. The van der Waals surface area contributed by atoms with Crippen LogP contribution in [0.1, 0.15) is 25.2 Å². The maximum Gasteiger partial charge on any atom is 0.123 e. The van der Waals surface area contributed by atoms with E-state index in [2.05, 4.69) is 37.5 Å². The SMILES string of the molecule is CCc1nn(CCN(C)C)c(CC)c1Sc1ccc(F)cc1. The summed E-state index contributed by atoms with van der Waals surface area (Å²) in [4.78, 5) is 4.45. The van der Waals surface area contributed by atoms with Crippen LogP contribution in [-0.4, -0.2) is 35.3 Å². The van der Waals surface area contributed by atoms with Gasteiger partial charge in [0.15, 0.2) is 0 Å². The van der Waals surface area contributed by atoms with E-state index in [4.69, 9.17) is 5.10 Å².